The molecule has 35 heavy (non-hydrogen) atoms. The highest BCUT2D eigenvalue weighted by atomic mass is 16.2. The molecule has 1 aliphatic heterocycles. The van der Waals surface area contributed by atoms with Crippen LogP contribution in [-0.2, 0) is 16.0 Å². The molecule has 0 radical (unpaired) electrons. The molecule has 4 saturated carbocycles. The Morgan fingerprint density at radius 2 is 1.74 bits per heavy atom. The average Bonchev–Trinajstić information content (AvgIpc) is 3.48. The summed E-state index contributed by atoms with van der Waals surface area (Å²) >= 11 is 0. The number of rotatable bonds is 7. The lowest BCUT2D eigenvalue weighted by molar-refractivity contribution is -0.160. The van der Waals surface area contributed by atoms with E-state index in [1.54, 1.807) is 0 Å². The first-order chi connectivity index (χ1) is 17.0. The zero-order valence-electron chi connectivity index (χ0n) is 20.9. The van der Waals surface area contributed by atoms with Gasteiger partial charge in [-0.25, -0.2) is 4.68 Å². The van der Waals surface area contributed by atoms with Crippen LogP contribution in [0.4, 0.5) is 0 Å². The topological polar surface area (TPSA) is 67.2 Å². The molecule has 1 N–H and O–H groups in total. The number of likely N-dealkylation sites (tertiary alicyclic amines) is 1. The van der Waals surface area contributed by atoms with Gasteiger partial charge in [0.25, 0.3) is 0 Å². The maximum absolute atomic E-state index is 13.8. The van der Waals surface area contributed by atoms with E-state index in [-0.39, 0.29) is 17.4 Å². The molecule has 2 aromatic rings. The van der Waals surface area contributed by atoms with E-state index in [2.05, 4.69) is 28.7 Å². The van der Waals surface area contributed by atoms with Gasteiger partial charge in [0, 0.05) is 19.3 Å². The van der Waals surface area contributed by atoms with Crippen molar-refractivity contribution >= 4 is 11.8 Å². The van der Waals surface area contributed by atoms with Gasteiger partial charge in [-0.15, -0.1) is 0 Å². The number of nitrogens with zero attached hydrogens (tertiary/aromatic N) is 3. The van der Waals surface area contributed by atoms with E-state index >= 15 is 0 Å². The van der Waals surface area contributed by atoms with E-state index in [1.807, 2.05) is 34.7 Å². The van der Waals surface area contributed by atoms with Crippen molar-refractivity contribution in [2.75, 3.05) is 13.1 Å². The molecule has 2 amide bonds. The Kier molecular flexibility index (Phi) is 5.93. The molecular weight excluding hydrogens is 436 g/mol. The normalized spacial score (nSPS) is 31.2. The van der Waals surface area contributed by atoms with Crippen molar-refractivity contribution in [3.63, 3.8) is 0 Å². The summed E-state index contributed by atoms with van der Waals surface area (Å²) < 4.78 is 1.93. The molecule has 186 valence electrons. The highest BCUT2D eigenvalue weighted by molar-refractivity contribution is 5.91. The third kappa shape index (κ3) is 4.30. The summed E-state index contributed by atoms with van der Waals surface area (Å²) in [5, 5.41) is 7.80. The van der Waals surface area contributed by atoms with Crippen LogP contribution in [0.15, 0.2) is 36.5 Å². The molecule has 6 heteroatoms. The van der Waals surface area contributed by atoms with Crippen molar-refractivity contribution in [1.29, 1.82) is 0 Å². The van der Waals surface area contributed by atoms with Crippen molar-refractivity contribution in [2.45, 2.75) is 77.2 Å². The third-order valence-corrected chi connectivity index (χ3v) is 9.25. The van der Waals surface area contributed by atoms with Gasteiger partial charge < -0.3 is 10.2 Å². The Hall–Kier alpha value is -2.63. The van der Waals surface area contributed by atoms with E-state index in [4.69, 9.17) is 0 Å². The zero-order chi connectivity index (χ0) is 24.0. The van der Waals surface area contributed by atoms with Crippen LogP contribution >= 0.6 is 0 Å². The molecule has 1 aromatic heterocycles. The Bertz CT molecular complexity index is 1060. The summed E-state index contributed by atoms with van der Waals surface area (Å²) in [5.41, 5.74) is 3.14. The van der Waals surface area contributed by atoms with Gasteiger partial charge in [0.05, 0.1) is 16.8 Å². The van der Waals surface area contributed by atoms with Gasteiger partial charge in [-0.3, -0.25) is 9.59 Å². The lowest BCUT2D eigenvalue weighted by Crippen LogP contribution is -2.57. The first-order valence-electron chi connectivity index (χ1n) is 13.7. The predicted octanol–water partition coefficient (Wildman–Crippen LogP) is 4.44. The van der Waals surface area contributed by atoms with Crippen molar-refractivity contribution in [2.24, 2.45) is 23.2 Å². The van der Waals surface area contributed by atoms with Gasteiger partial charge in [-0.1, -0.05) is 18.2 Å². The number of hydrogen-bond donors (Lipinski definition) is 1. The monoisotopic (exact) mass is 474 g/mol. The number of carbonyl (C=O) groups is 2. The minimum atomic E-state index is -0.280. The van der Waals surface area contributed by atoms with Crippen molar-refractivity contribution in [3.8, 4) is 5.69 Å². The summed E-state index contributed by atoms with van der Waals surface area (Å²) in [6.45, 7) is 3.42. The van der Waals surface area contributed by atoms with Gasteiger partial charge in [-0.05, 0) is 107 Å². The van der Waals surface area contributed by atoms with Crippen LogP contribution in [0.1, 0.15) is 69.0 Å². The second kappa shape index (κ2) is 9.11. The van der Waals surface area contributed by atoms with Crippen LogP contribution < -0.4 is 5.32 Å². The lowest BCUT2D eigenvalue weighted by Gasteiger charge is -2.56. The summed E-state index contributed by atoms with van der Waals surface area (Å²) in [4.78, 5) is 28.9. The fourth-order valence-corrected chi connectivity index (χ4v) is 8.02. The quantitative estimate of drug-likeness (QED) is 0.604. The lowest BCUT2D eigenvalue weighted by atomic mass is 9.49. The Balaban J connectivity index is 1.03. The molecule has 5 aliphatic rings. The van der Waals surface area contributed by atoms with E-state index in [1.165, 1.54) is 24.8 Å². The maximum atomic E-state index is 13.8. The van der Waals surface area contributed by atoms with Crippen LogP contribution in [-0.4, -0.2) is 45.6 Å². The minimum Gasteiger partial charge on any atom is -0.354 e. The Morgan fingerprint density at radius 3 is 2.43 bits per heavy atom. The molecule has 1 saturated heterocycles. The number of aryl methyl sites for hydroxylation is 2. The smallest absolute Gasteiger partial charge is 0.242 e. The van der Waals surface area contributed by atoms with Gasteiger partial charge in [0.2, 0.25) is 11.8 Å². The fraction of sp³-hybridized carbons (Fsp3) is 0.621. The summed E-state index contributed by atoms with van der Waals surface area (Å²) in [5.74, 6) is 2.58. The van der Waals surface area contributed by atoms with Crippen molar-refractivity contribution < 1.29 is 9.59 Å². The zero-order valence-corrected chi connectivity index (χ0v) is 20.9. The van der Waals surface area contributed by atoms with Crippen LogP contribution in [0.3, 0.4) is 0 Å². The van der Waals surface area contributed by atoms with Gasteiger partial charge >= 0.3 is 0 Å². The molecule has 4 aliphatic carbocycles. The van der Waals surface area contributed by atoms with E-state index in [0.717, 1.165) is 80.6 Å². The van der Waals surface area contributed by atoms with E-state index in [9.17, 15) is 9.59 Å². The highest BCUT2D eigenvalue weighted by Gasteiger charge is 2.56. The Labute approximate surface area is 208 Å². The third-order valence-electron chi connectivity index (χ3n) is 9.25. The molecule has 1 aromatic carbocycles. The SMILES string of the molecule is Cc1nn(-c2ccccc2)cc1CCCNC(=O)C1CCCN1C(=O)C12CC3CC(CC(C3)C1)C2. The molecule has 0 spiro atoms. The highest BCUT2D eigenvalue weighted by Crippen LogP contribution is 2.60. The van der Waals surface area contributed by atoms with Gasteiger partial charge in [0.1, 0.15) is 6.04 Å². The standard InChI is InChI=1S/C29H38N4O2/c1-20-24(19-33(31-20)25-8-3-2-4-9-25)7-5-11-30-27(34)26-10-6-12-32(26)28(35)29-16-21-13-22(17-29)15-23(14-21)18-29/h2-4,8-9,19,21-23,26H,5-7,10-18H2,1H3,(H,30,34). The minimum absolute atomic E-state index is 0.0391. The number of nitrogens with one attached hydrogen (secondary N) is 1. The van der Waals surface area contributed by atoms with E-state index < -0.39 is 0 Å². The largest absolute Gasteiger partial charge is 0.354 e. The first kappa shape index (κ1) is 22.8. The number of amides is 2. The molecule has 2 heterocycles. The molecule has 5 fully saturated rings. The fourth-order valence-electron chi connectivity index (χ4n) is 8.02. The molecule has 1 atom stereocenters. The van der Waals surface area contributed by atoms with E-state index in [0.29, 0.717) is 12.5 Å². The predicted molar refractivity (Wildman–Crippen MR) is 135 cm³/mol. The Morgan fingerprint density at radius 1 is 1.06 bits per heavy atom. The molecular formula is C29H38N4O2. The van der Waals surface area contributed by atoms with Gasteiger partial charge in [0.15, 0.2) is 0 Å². The van der Waals surface area contributed by atoms with Crippen molar-refractivity contribution in [3.05, 3.63) is 47.8 Å². The molecule has 4 bridgehead atoms. The summed E-state index contributed by atoms with van der Waals surface area (Å²) in [6, 6.07) is 9.86. The van der Waals surface area contributed by atoms with Crippen LogP contribution in [0, 0.1) is 30.1 Å². The van der Waals surface area contributed by atoms with Crippen LogP contribution in [0.5, 0.6) is 0 Å². The number of benzene rings is 1. The molecule has 7 rings (SSSR count). The number of carbonyl (C=O) groups excluding carboxylic acids is 2. The molecule has 6 nitrogen and oxygen atoms in total. The number of hydrogen-bond acceptors (Lipinski definition) is 3. The van der Waals surface area contributed by atoms with Gasteiger partial charge in [-0.2, -0.15) is 5.10 Å². The number of para-hydroxylation sites is 1. The summed E-state index contributed by atoms with van der Waals surface area (Å²) in [7, 11) is 0. The number of aromatic nitrogens is 2. The second-order valence-electron chi connectivity index (χ2n) is 11.8. The summed E-state index contributed by atoms with van der Waals surface area (Å²) in [6.07, 6.45) is 12.8. The first-order valence-corrected chi connectivity index (χ1v) is 13.7. The van der Waals surface area contributed by atoms with Crippen molar-refractivity contribution in [1.82, 2.24) is 20.0 Å². The van der Waals surface area contributed by atoms with Crippen LogP contribution in [0.2, 0.25) is 0 Å². The maximum Gasteiger partial charge on any atom is 0.242 e. The molecule has 1 unspecified atom stereocenters. The van der Waals surface area contributed by atoms with Crippen LogP contribution in [0.25, 0.3) is 5.69 Å². The second-order valence-corrected chi connectivity index (χ2v) is 11.8. The average molecular weight is 475 g/mol.